The molecule has 1 aromatic heterocycles. The summed E-state index contributed by atoms with van der Waals surface area (Å²) in [5.74, 6) is -0.580. The van der Waals surface area contributed by atoms with E-state index in [1.54, 1.807) is 4.90 Å². The summed E-state index contributed by atoms with van der Waals surface area (Å²) in [4.78, 5) is 26.8. The Labute approximate surface area is 130 Å². The van der Waals surface area contributed by atoms with Gasteiger partial charge in [-0.05, 0) is 24.8 Å². The second-order valence-corrected chi connectivity index (χ2v) is 6.82. The van der Waals surface area contributed by atoms with E-state index in [9.17, 15) is 9.59 Å². The maximum atomic E-state index is 12.7. The fourth-order valence-electron chi connectivity index (χ4n) is 2.28. The van der Waals surface area contributed by atoms with Crippen molar-refractivity contribution in [2.45, 2.75) is 40.0 Å². The van der Waals surface area contributed by atoms with Gasteiger partial charge in [-0.15, -0.1) is 11.3 Å². The minimum atomic E-state index is -0.449. The molecule has 0 aliphatic heterocycles. The lowest BCUT2D eigenvalue weighted by atomic mass is 9.83. The standard InChI is InChI=1S/C15H24N2O3S/c1-7-17(8-2)13(18)9-10(15(3,4)5)11(14(19)20-6)21-12(9)16/h7-8,16H2,1-6H3. The van der Waals surface area contributed by atoms with Crippen LogP contribution in [0.5, 0.6) is 0 Å². The van der Waals surface area contributed by atoms with E-state index in [0.717, 1.165) is 11.3 Å². The van der Waals surface area contributed by atoms with Crippen molar-refractivity contribution in [1.29, 1.82) is 0 Å². The van der Waals surface area contributed by atoms with Crippen molar-refractivity contribution in [2.24, 2.45) is 0 Å². The molecule has 0 unspecified atom stereocenters. The summed E-state index contributed by atoms with van der Waals surface area (Å²) in [7, 11) is 1.33. The minimum absolute atomic E-state index is 0.131. The van der Waals surface area contributed by atoms with Crippen molar-refractivity contribution in [3.05, 3.63) is 16.0 Å². The third-order valence-electron chi connectivity index (χ3n) is 3.32. The summed E-state index contributed by atoms with van der Waals surface area (Å²) in [6, 6.07) is 0. The van der Waals surface area contributed by atoms with Crippen molar-refractivity contribution < 1.29 is 14.3 Å². The van der Waals surface area contributed by atoms with Gasteiger partial charge in [-0.2, -0.15) is 0 Å². The van der Waals surface area contributed by atoms with Crippen molar-refractivity contribution in [3.63, 3.8) is 0 Å². The molecule has 0 fully saturated rings. The van der Waals surface area contributed by atoms with Crippen LogP contribution in [0, 0.1) is 0 Å². The number of esters is 1. The van der Waals surface area contributed by atoms with Crippen LogP contribution in [0.25, 0.3) is 0 Å². The number of anilines is 1. The molecule has 21 heavy (non-hydrogen) atoms. The summed E-state index contributed by atoms with van der Waals surface area (Å²) in [5, 5.41) is 0.372. The van der Waals surface area contributed by atoms with Gasteiger partial charge < -0.3 is 15.4 Å². The van der Waals surface area contributed by atoms with Crippen LogP contribution in [-0.2, 0) is 10.2 Å². The molecule has 0 aliphatic carbocycles. The van der Waals surface area contributed by atoms with Crippen LogP contribution in [0.15, 0.2) is 0 Å². The number of nitrogens with zero attached hydrogens (tertiary/aromatic N) is 1. The highest BCUT2D eigenvalue weighted by atomic mass is 32.1. The Morgan fingerprint density at radius 1 is 1.24 bits per heavy atom. The Balaban J connectivity index is 3.55. The average Bonchev–Trinajstić information content (AvgIpc) is 2.76. The van der Waals surface area contributed by atoms with Crippen LogP contribution in [0.3, 0.4) is 0 Å². The van der Waals surface area contributed by atoms with E-state index in [-0.39, 0.29) is 11.3 Å². The van der Waals surface area contributed by atoms with Gasteiger partial charge in [-0.3, -0.25) is 4.79 Å². The Bertz CT molecular complexity index is 540. The normalized spacial score (nSPS) is 11.3. The maximum absolute atomic E-state index is 12.7. The van der Waals surface area contributed by atoms with Gasteiger partial charge in [-0.1, -0.05) is 20.8 Å². The topological polar surface area (TPSA) is 72.6 Å². The van der Waals surface area contributed by atoms with Gasteiger partial charge in [-0.25, -0.2) is 4.79 Å². The van der Waals surface area contributed by atoms with E-state index in [1.807, 2.05) is 34.6 Å². The number of carbonyl (C=O) groups is 2. The van der Waals surface area contributed by atoms with Crippen LogP contribution in [0.2, 0.25) is 0 Å². The molecule has 1 amide bonds. The summed E-state index contributed by atoms with van der Waals surface area (Å²) < 4.78 is 4.82. The number of hydrogen-bond donors (Lipinski definition) is 1. The van der Waals surface area contributed by atoms with Gasteiger partial charge in [0, 0.05) is 13.1 Å². The molecule has 6 heteroatoms. The Morgan fingerprint density at radius 3 is 2.14 bits per heavy atom. The van der Waals surface area contributed by atoms with Crippen molar-refractivity contribution in [3.8, 4) is 0 Å². The van der Waals surface area contributed by atoms with Gasteiger partial charge in [0.05, 0.1) is 17.7 Å². The lowest BCUT2D eigenvalue weighted by Crippen LogP contribution is -2.33. The Kier molecular flexibility index (Phi) is 5.39. The number of nitrogen functional groups attached to an aromatic ring is 1. The van der Waals surface area contributed by atoms with Gasteiger partial charge >= 0.3 is 5.97 Å². The molecular formula is C15H24N2O3S. The van der Waals surface area contributed by atoms with Crippen molar-refractivity contribution in [1.82, 2.24) is 4.90 Å². The van der Waals surface area contributed by atoms with Crippen LogP contribution < -0.4 is 5.73 Å². The number of hydrogen-bond acceptors (Lipinski definition) is 5. The highest BCUT2D eigenvalue weighted by molar-refractivity contribution is 7.18. The molecule has 1 heterocycles. The Morgan fingerprint density at radius 2 is 1.76 bits per heavy atom. The molecule has 0 saturated carbocycles. The third-order valence-corrected chi connectivity index (χ3v) is 4.32. The summed E-state index contributed by atoms with van der Waals surface area (Å²) in [6.45, 7) is 10.9. The molecule has 0 bridgehead atoms. The van der Waals surface area contributed by atoms with Gasteiger partial charge in [0.2, 0.25) is 0 Å². The minimum Gasteiger partial charge on any atom is -0.465 e. The number of nitrogens with two attached hydrogens (primary N) is 1. The van der Waals surface area contributed by atoms with Crippen LogP contribution in [0.1, 0.15) is 60.2 Å². The second kappa shape index (κ2) is 6.47. The van der Waals surface area contributed by atoms with Crippen molar-refractivity contribution in [2.75, 3.05) is 25.9 Å². The second-order valence-electron chi connectivity index (χ2n) is 5.76. The molecule has 118 valence electrons. The van der Waals surface area contributed by atoms with Crippen molar-refractivity contribution >= 4 is 28.2 Å². The molecular weight excluding hydrogens is 288 g/mol. The zero-order valence-corrected chi connectivity index (χ0v) is 14.4. The molecule has 0 spiro atoms. The highest BCUT2D eigenvalue weighted by Crippen LogP contribution is 2.40. The smallest absolute Gasteiger partial charge is 0.348 e. The quantitative estimate of drug-likeness (QED) is 0.868. The summed E-state index contributed by atoms with van der Waals surface area (Å²) in [5.41, 5.74) is 6.78. The van der Waals surface area contributed by atoms with Gasteiger partial charge in [0.25, 0.3) is 5.91 Å². The molecule has 0 saturated heterocycles. The number of methoxy groups -OCH3 is 1. The van der Waals surface area contributed by atoms with Gasteiger partial charge in [0.1, 0.15) is 4.88 Å². The first-order chi connectivity index (χ1) is 9.68. The Hall–Kier alpha value is -1.56. The maximum Gasteiger partial charge on any atom is 0.348 e. The van der Waals surface area contributed by atoms with Crippen LogP contribution >= 0.6 is 11.3 Å². The molecule has 0 radical (unpaired) electrons. The molecule has 0 atom stereocenters. The zero-order valence-electron chi connectivity index (χ0n) is 13.6. The highest BCUT2D eigenvalue weighted by Gasteiger charge is 2.34. The lowest BCUT2D eigenvalue weighted by molar-refractivity contribution is 0.0603. The molecule has 1 aromatic rings. The van der Waals surface area contributed by atoms with E-state index >= 15 is 0 Å². The van der Waals surface area contributed by atoms with E-state index in [1.165, 1.54) is 7.11 Å². The largest absolute Gasteiger partial charge is 0.465 e. The zero-order chi connectivity index (χ0) is 16.4. The SMILES string of the molecule is CCN(CC)C(=O)c1c(N)sc(C(=O)OC)c1C(C)(C)C. The number of ether oxygens (including phenoxy) is 1. The summed E-state index contributed by atoms with van der Waals surface area (Å²) in [6.07, 6.45) is 0. The van der Waals surface area contributed by atoms with E-state index in [2.05, 4.69) is 0 Å². The predicted molar refractivity (Wildman–Crippen MR) is 86.0 cm³/mol. The molecule has 5 nitrogen and oxygen atoms in total. The van der Waals surface area contributed by atoms with E-state index in [0.29, 0.717) is 34.1 Å². The predicted octanol–water partition coefficient (Wildman–Crippen LogP) is 2.90. The number of carbonyl (C=O) groups excluding carboxylic acids is 2. The monoisotopic (exact) mass is 312 g/mol. The average molecular weight is 312 g/mol. The first-order valence-corrected chi connectivity index (χ1v) is 7.80. The van der Waals surface area contributed by atoms with Gasteiger partial charge in [0.15, 0.2) is 0 Å². The van der Waals surface area contributed by atoms with Crippen LogP contribution in [0.4, 0.5) is 5.00 Å². The molecule has 2 N–H and O–H groups in total. The van der Waals surface area contributed by atoms with E-state index < -0.39 is 5.97 Å². The molecule has 0 aliphatic rings. The fraction of sp³-hybridized carbons (Fsp3) is 0.600. The van der Waals surface area contributed by atoms with E-state index in [4.69, 9.17) is 10.5 Å². The number of thiophene rings is 1. The summed E-state index contributed by atoms with van der Waals surface area (Å²) >= 11 is 1.12. The van der Waals surface area contributed by atoms with Crippen LogP contribution in [-0.4, -0.2) is 37.0 Å². The third kappa shape index (κ3) is 3.37. The molecule has 0 aromatic carbocycles. The molecule has 1 rings (SSSR count). The fourth-order valence-corrected chi connectivity index (χ4v) is 3.47. The lowest BCUT2D eigenvalue weighted by Gasteiger charge is -2.24. The first-order valence-electron chi connectivity index (χ1n) is 6.99. The number of amides is 1. The first kappa shape index (κ1) is 17.5. The number of rotatable bonds is 4.